The van der Waals surface area contributed by atoms with Gasteiger partial charge in [-0.3, -0.25) is 0 Å². The van der Waals surface area contributed by atoms with Gasteiger partial charge in [-0.25, -0.2) is 9.97 Å². The minimum Gasteiger partial charge on any atom is -0.369 e. The zero-order chi connectivity index (χ0) is 17.2. The summed E-state index contributed by atoms with van der Waals surface area (Å²) in [6.07, 6.45) is 3.54. The molecule has 1 fully saturated rings. The molecule has 2 heterocycles. The number of anilines is 2. The molecule has 0 bridgehead atoms. The van der Waals surface area contributed by atoms with Crippen LogP contribution in [0.1, 0.15) is 35.7 Å². The van der Waals surface area contributed by atoms with Gasteiger partial charge in [0.2, 0.25) is 0 Å². The van der Waals surface area contributed by atoms with Gasteiger partial charge in [0.15, 0.2) is 0 Å². The third kappa shape index (κ3) is 3.93. The molecule has 5 nitrogen and oxygen atoms in total. The van der Waals surface area contributed by atoms with E-state index in [0.29, 0.717) is 5.92 Å². The van der Waals surface area contributed by atoms with Crippen molar-refractivity contribution in [1.82, 2.24) is 14.9 Å². The number of rotatable bonds is 6. The normalized spacial score (nSPS) is 16.8. The predicted molar refractivity (Wildman–Crippen MR) is 102 cm³/mol. The van der Waals surface area contributed by atoms with Crippen molar-refractivity contribution in [3.63, 3.8) is 0 Å². The average Bonchev–Trinajstić information content (AvgIpc) is 3.46. The molecule has 2 aromatic rings. The van der Waals surface area contributed by atoms with E-state index in [1.54, 1.807) is 0 Å². The summed E-state index contributed by atoms with van der Waals surface area (Å²) in [5.41, 5.74) is 2.89. The smallest absolute Gasteiger partial charge is 0.136 e. The quantitative estimate of drug-likeness (QED) is 0.878. The number of hydrogen-bond acceptors (Lipinski definition) is 5. The largest absolute Gasteiger partial charge is 0.369 e. The monoisotopic (exact) mass is 337 g/mol. The van der Waals surface area contributed by atoms with Crippen LogP contribution in [0.5, 0.6) is 0 Å². The molecule has 0 spiro atoms. The molecule has 2 aliphatic rings. The Morgan fingerprint density at radius 2 is 1.96 bits per heavy atom. The van der Waals surface area contributed by atoms with Gasteiger partial charge in [0.05, 0.1) is 0 Å². The second-order valence-corrected chi connectivity index (χ2v) is 7.41. The van der Waals surface area contributed by atoms with Gasteiger partial charge in [0.25, 0.3) is 0 Å². The van der Waals surface area contributed by atoms with Crippen LogP contribution in [0.4, 0.5) is 11.6 Å². The Labute approximate surface area is 150 Å². The van der Waals surface area contributed by atoms with Crippen LogP contribution in [0.2, 0.25) is 0 Å². The fourth-order valence-corrected chi connectivity index (χ4v) is 3.33. The molecule has 1 saturated carbocycles. The maximum Gasteiger partial charge on any atom is 0.136 e. The van der Waals surface area contributed by atoms with Crippen molar-refractivity contribution in [3.8, 4) is 0 Å². The zero-order valence-electron chi connectivity index (χ0n) is 15.2. The molecule has 1 aromatic carbocycles. The number of nitrogens with zero attached hydrogens (tertiary/aromatic N) is 4. The lowest BCUT2D eigenvalue weighted by Gasteiger charge is -2.30. The minimum absolute atomic E-state index is 0.562. The molecule has 132 valence electrons. The van der Waals surface area contributed by atoms with Crippen molar-refractivity contribution in [2.75, 3.05) is 43.9 Å². The first-order valence-electron chi connectivity index (χ1n) is 9.28. The van der Waals surface area contributed by atoms with Gasteiger partial charge in [-0.05, 0) is 44.5 Å². The molecular formula is C20H27N5. The summed E-state index contributed by atoms with van der Waals surface area (Å²) < 4.78 is 0. The molecule has 0 saturated heterocycles. The average molecular weight is 337 g/mol. The lowest BCUT2D eigenvalue weighted by Crippen LogP contribution is -2.31. The van der Waals surface area contributed by atoms with E-state index in [0.717, 1.165) is 50.1 Å². The molecule has 0 radical (unpaired) electrons. The Morgan fingerprint density at radius 3 is 2.72 bits per heavy atom. The molecule has 1 N–H and O–H groups in total. The summed E-state index contributed by atoms with van der Waals surface area (Å²) in [6, 6.07) is 10.9. The second kappa shape index (κ2) is 7.00. The topological polar surface area (TPSA) is 44.3 Å². The Morgan fingerprint density at radius 1 is 1.16 bits per heavy atom. The number of aromatic nitrogens is 2. The lowest BCUT2D eigenvalue weighted by atomic mass is 10.00. The van der Waals surface area contributed by atoms with Crippen molar-refractivity contribution < 1.29 is 0 Å². The molecule has 0 unspecified atom stereocenters. The summed E-state index contributed by atoms with van der Waals surface area (Å²) in [5, 5.41) is 3.48. The van der Waals surface area contributed by atoms with E-state index in [-0.39, 0.29) is 0 Å². The van der Waals surface area contributed by atoms with Crippen molar-refractivity contribution in [2.45, 2.75) is 31.7 Å². The van der Waals surface area contributed by atoms with E-state index >= 15 is 0 Å². The fourth-order valence-electron chi connectivity index (χ4n) is 3.33. The van der Waals surface area contributed by atoms with Gasteiger partial charge in [0, 0.05) is 38.2 Å². The van der Waals surface area contributed by atoms with Gasteiger partial charge in [-0.15, -0.1) is 0 Å². The van der Waals surface area contributed by atoms with Crippen LogP contribution in [0.3, 0.4) is 0 Å². The Hall–Kier alpha value is -2.14. The van der Waals surface area contributed by atoms with Gasteiger partial charge in [-0.1, -0.05) is 24.3 Å². The summed E-state index contributed by atoms with van der Waals surface area (Å²) >= 11 is 0. The van der Waals surface area contributed by atoms with E-state index < -0.39 is 0 Å². The predicted octanol–water partition coefficient (Wildman–Crippen LogP) is 2.89. The highest BCUT2D eigenvalue weighted by molar-refractivity contribution is 5.52. The van der Waals surface area contributed by atoms with E-state index in [1.165, 1.54) is 24.0 Å². The Kier molecular flexibility index (Phi) is 4.57. The van der Waals surface area contributed by atoms with Crippen LogP contribution >= 0.6 is 0 Å². The molecule has 1 aliphatic heterocycles. The Balaban J connectivity index is 1.55. The molecule has 1 aromatic heterocycles. The summed E-state index contributed by atoms with van der Waals surface area (Å²) in [7, 11) is 4.18. The van der Waals surface area contributed by atoms with E-state index in [9.17, 15) is 0 Å². The first-order valence-corrected chi connectivity index (χ1v) is 9.28. The van der Waals surface area contributed by atoms with Crippen molar-refractivity contribution in [2.24, 2.45) is 0 Å². The number of nitrogens with one attached hydrogen (secondary N) is 1. The third-order valence-corrected chi connectivity index (χ3v) is 4.99. The highest BCUT2D eigenvalue weighted by atomic mass is 15.2. The maximum absolute atomic E-state index is 4.90. The molecule has 4 rings (SSSR count). The number of likely N-dealkylation sites (N-methyl/N-ethyl adjacent to an activating group) is 1. The third-order valence-electron chi connectivity index (χ3n) is 4.99. The minimum atomic E-state index is 0.562. The van der Waals surface area contributed by atoms with E-state index in [2.05, 4.69) is 59.5 Å². The van der Waals surface area contributed by atoms with Crippen molar-refractivity contribution >= 4 is 11.6 Å². The molecule has 0 amide bonds. The molecular weight excluding hydrogens is 310 g/mol. The maximum atomic E-state index is 4.90. The number of fused-ring (bicyclic) bond motifs is 1. The first-order chi connectivity index (χ1) is 12.2. The van der Waals surface area contributed by atoms with Crippen molar-refractivity contribution in [3.05, 3.63) is 47.3 Å². The van der Waals surface area contributed by atoms with E-state index in [4.69, 9.17) is 9.97 Å². The van der Waals surface area contributed by atoms with Gasteiger partial charge in [0.1, 0.15) is 17.5 Å². The molecule has 1 aliphatic carbocycles. The Bertz CT molecular complexity index is 739. The van der Waals surface area contributed by atoms with Gasteiger partial charge < -0.3 is 15.1 Å². The van der Waals surface area contributed by atoms with E-state index in [1.807, 2.05) is 0 Å². The van der Waals surface area contributed by atoms with Crippen LogP contribution in [-0.4, -0.2) is 48.6 Å². The fraction of sp³-hybridized carbons (Fsp3) is 0.500. The lowest BCUT2D eigenvalue weighted by molar-refractivity contribution is 0.425. The summed E-state index contributed by atoms with van der Waals surface area (Å²) in [5.74, 6) is 3.61. The van der Waals surface area contributed by atoms with Crippen LogP contribution in [0, 0.1) is 0 Å². The molecule has 5 heteroatoms. The number of benzene rings is 1. The standard InChI is InChI=1S/C20H27N5/c1-24(2)12-10-21-18-13-19(23-20(22-18)16-7-8-16)25-11-9-15-5-3-4-6-17(15)14-25/h3-6,13,16H,7-12,14H2,1-2H3,(H,21,22,23). The SMILES string of the molecule is CN(C)CCNc1cc(N2CCc3ccccc3C2)nc(C2CC2)n1. The summed E-state index contributed by atoms with van der Waals surface area (Å²) in [6.45, 7) is 3.86. The van der Waals surface area contributed by atoms with Crippen LogP contribution in [-0.2, 0) is 13.0 Å². The van der Waals surface area contributed by atoms with Crippen LogP contribution < -0.4 is 10.2 Å². The van der Waals surface area contributed by atoms with Crippen LogP contribution in [0.25, 0.3) is 0 Å². The van der Waals surface area contributed by atoms with Gasteiger partial charge >= 0.3 is 0 Å². The zero-order valence-corrected chi connectivity index (χ0v) is 15.2. The van der Waals surface area contributed by atoms with Gasteiger partial charge in [-0.2, -0.15) is 0 Å². The van der Waals surface area contributed by atoms with Crippen LogP contribution in [0.15, 0.2) is 30.3 Å². The first kappa shape index (κ1) is 16.3. The number of hydrogen-bond donors (Lipinski definition) is 1. The molecule has 0 atom stereocenters. The second-order valence-electron chi connectivity index (χ2n) is 7.41. The highest BCUT2D eigenvalue weighted by Crippen LogP contribution is 2.39. The highest BCUT2D eigenvalue weighted by Gasteiger charge is 2.28. The molecule has 25 heavy (non-hydrogen) atoms. The van der Waals surface area contributed by atoms with Crippen molar-refractivity contribution in [1.29, 1.82) is 0 Å². The summed E-state index contributed by atoms with van der Waals surface area (Å²) in [4.78, 5) is 14.2.